The first kappa shape index (κ1) is 7.31. The standard InChI is InChI=1S/C7H9BrN2O/c8-7-3-10(5-9-7)6-1-2-11-4-6/h3,5-6H,1-2,4H2. The SMILES string of the molecule is Brc1cn(C2CCOC2)cn1. The van der Waals surface area contributed by atoms with E-state index in [2.05, 4.69) is 25.5 Å². The molecule has 2 rings (SSSR count). The summed E-state index contributed by atoms with van der Waals surface area (Å²) in [6.07, 6.45) is 4.92. The van der Waals surface area contributed by atoms with Gasteiger partial charge in [-0.05, 0) is 22.4 Å². The summed E-state index contributed by atoms with van der Waals surface area (Å²) in [6.45, 7) is 1.70. The van der Waals surface area contributed by atoms with Gasteiger partial charge >= 0.3 is 0 Å². The van der Waals surface area contributed by atoms with Gasteiger partial charge in [-0.1, -0.05) is 0 Å². The molecule has 0 radical (unpaired) electrons. The molecular formula is C7H9BrN2O. The minimum atomic E-state index is 0.494. The molecule has 0 N–H and O–H groups in total. The second-order valence-corrected chi connectivity index (χ2v) is 3.47. The summed E-state index contributed by atoms with van der Waals surface area (Å²) in [5, 5.41) is 0. The van der Waals surface area contributed by atoms with Gasteiger partial charge in [0.05, 0.1) is 19.0 Å². The number of ether oxygens (including phenoxy) is 1. The van der Waals surface area contributed by atoms with Crippen LogP contribution in [0.4, 0.5) is 0 Å². The largest absolute Gasteiger partial charge is 0.379 e. The lowest BCUT2D eigenvalue weighted by molar-refractivity contribution is 0.186. The van der Waals surface area contributed by atoms with E-state index in [9.17, 15) is 0 Å². The molecule has 0 bridgehead atoms. The average molecular weight is 217 g/mol. The number of nitrogens with zero attached hydrogens (tertiary/aromatic N) is 2. The van der Waals surface area contributed by atoms with E-state index in [1.165, 1.54) is 0 Å². The maximum absolute atomic E-state index is 5.26. The van der Waals surface area contributed by atoms with Gasteiger partial charge in [-0.25, -0.2) is 4.98 Å². The van der Waals surface area contributed by atoms with E-state index in [0.717, 1.165) is 24.2 Å². The average Bonchev–Trinajstić information content (AvgIpc) is 2.55. The Morgan fingerprint density at radius 1 is 1.73 bits per heavy atom. The summed E-state index contributed by atoms with van der Waals surface area (Å²) in [6, 6.07) is 0.494. The molecule has 0 amide bonds. The Hall–Kier alpha value is -0.350. The molecule has 0 spiro atoms. The first-order valence-corrected chi connectivity index (χ1v) is 4.42. The van der Waals surface area contributed by atoms with E-state index >= 15 is 0 Å². The highest BCUT2D eigenvalue weighted by Gasteiger charge is 2.16. The van der Waals surface area contributed by atoms with E-state index < -0.39 is 0 Å². The maximum Gasteiger partial charge on any atom is 0.124 e. The molecule has 4 heteroatoms. The number of rotatable bonds is 1. The van der Waals surface area contributed by atoms with E-state index in [1.807, 2.05) is 12.5 Å². The predicted octanol–water partition coefficient (Wildman–Crippen LogP) is 1.61. The van der Waals surface area contributed by atoms with Gasteiger partial charge in [0.25, 0.3) is 0 Å². The molecule has 2 heterocycles. The van der Waals surface area contributed by atoms with Crippen molar-refractivity contribution in [2.45, 2.75) is 12.5 Å². The van der Waals surface area contributed by atoms with Crippen molar-refractivity contribution < 1.29 is 4.74 Å². The molecule has 1 aliphatic heterocycles. The zero-order chi connectivity index (χ0) is 7.68. The molecule has 60 valence electrons. The monoisotopic (exact) mass is 216 g/mol. The maximum atomic E-state index is 5.26. The zero-order valence-electron chi connectivity index (χ0n) is 6.03. The van der Waals surface area contributed by atoms with Crippen LogP contribution >= 0.6 is 15.9 Å². The summed E-state index contributed by atoms with van der Waals surface area (Å²) in [4.78, 5) is 4.09. The van der Waals surface area contributed by atoms with Gasteiger partial charge in [-0.3, -0.25) is 0 Å². The van der Waals surface area contributed by atoms with Gasteiger partial charge in [0.2, 0.25) is 0 Å². The minimum absolute atomic E-state index is 0.494. The zero-order valence-corrected chi connectivity index (χ0v) is 7.62. The molecule has 1 aromatic rings. The van der Waals surface area contributed by atoms with Crippen LogP contribution < -0.4 is 0 Å². The Balaban J connectivity index is 2.15. The molecule has 1 unspecified atom stereocenters. The van der Waals surface area contributed by atoms with E-state index in [4.69, 9.17) is 4.74 Å². The van der Waals surface area contributed by atoms with Crippen LogP contribution in [0.2, 0.25) is 0 Å². The van der Waals surface area contributed by atoms with E-state index in [-0.39, 0.29) is 0 Å². The smallest absolute Gasteiger partial charge is 0.124 e. The molecule has 1 fully saturated rings. The summed E-state index contributed by atoms with van der Waals surface area (Å²) in [5.74, 6) is 0. The highest BCUT2D eigenvalue weighted by molar-refractivity contribution is 9.10. The number of hydrogen-bond donors (Lipinski definition) is 0. The molecule has 3 nitrogen and oxygen atoms in total. The second kappa shape index (κ2) is 2.95. The summed E-state index contributed by atoms with van der Waals surface area (Å²) in [7, 11) is 0. The molecule has 0 saturated carbocycles. The molecule has 1 aliphatic rings. The lowest BCUT2D eigenvalue weighted by Crippen LogP contribution is -2.05. The Bertz CT molecular complexity index is 242. The number of aromatic nitrogens is 2. The third kappa shape index (κ3) is 1.46. The van der Waals surface area contributed by atoms with Gasteiger partial charge in [0, 0.05) is 12.8 Å². The minimum Gasteiger partial charge on any atom is -0.379 e. The van der Waals surface area contributed by atoms with Crippen LogP contribution in [0.1, 0.15) is 12.5 Å². The summed E-state index contributed by atoms with van der Waals surface area (Å²) >= 11 is 3.31. The Morgan fingerprint density at radius 2 is 2.64 bits per heavy atom. The van der Waals surface area contributed by atoms with Crippen LogP contribution in [0.5, 0.6) is 0 Å². The lowest BCUT2D eigenvalue weighted by Gasteiger charge is -2.06. The topological polar surface area (TPSA) is 27.1 Å². The quantitative estimate of drug-likeness (QED) is 0.714. The third-order valence-corrected chi connectivity index (χ3v) is 2.31. The van der Waals surface area contributed by atoms with Crippen molar-refractivity contribution in [1.82, 2.24) is 9.55 Å². The van der Waals surface area contributed by atoms with Gasteiger partial charge in [-0.2, -0.15) is 0 Å². The molecule has 1 aromatic heterocycles. The Morgan fingerprint density at radius 3 is 3.18 bits per heavy atom. The molecule has 1 saturated heterocycles. The fourth-order valence-corrected chi connectivity index (χ4v) is 1.60. The van der Waals surface area contributed by atoms with Gasteiger partial charge in [0.1, 0.15) is 4.60 Å². The highest BCUT2D eigenvalue weighted by Crippen LogP contribution is 2.19. The van der Waals surface area contributed by atoms with Crippen LogP contribution in [0.25, 0.3) is 0 Å². The lowest BCUT2D eigenvalue weighted by atomic mass is 10.3. The van der Waals surface area contributed by atoms with Crippen LogP contribution in [0, 0.1) is 0 Å². The first-order chi connectivity index (χ1) is 5.36. The molecule has 0 aromatic carbocycles. The van der Waals surface area contributed by atoms with Crippen molar-refractivity contribution in [1.29, 1.82) is 0 Å². The van der Waals surface area contributed by atoms with E-state index in [0.29, 0.717) is 6.04 Å². The third-order valence-electron chi connectivity index (χ3n) is 1.90. The van der Waals surface area contributed by atoms with Gasteiger partial charge in [-0.15, -0.1) is 0 Å². The van der Waals surface area contributed by atoms with Gasteiger partial charge in [0.15, 0.2) is 0 Å². The van der Waals surface area contributed by atoms with Crippen LogP contribution in [-0.2, 0) is 4.74 Å². The van der Waals surface area contributed by atoms with Crippen molar-refractivity contribution >= 4 is 15.9 Å². The van der Waals surface area contributed by atoms with Crippen LogP contribution in [-0.4, -0.2) is 22.8 Å². The van der Waals surface area contributed by atoms with Crippen molar-refractivity contribution in [2.24, 2.45) is 0 Å². The summed E-state index contributed by atoms with van der Waals surface area (Å²) in [5.41, 5.74) is 0. The Kier molecular flexibility index (Phi) is 1.96. The predicted molar refractivity (Wildman–Crippen MR) is 44.4 cm³/mol. The fourth-order valence-electron chi connectivity index (χ4n) is 1.27. The molecule has 1 atom stereocenters. The number of imidazole rings is 1. The fraction of sp³-hybridized carbons (Fsp3) is 0.571. The number of halogens is 1. The van der Waals surface area contributed by atoms with Crippen LogP contribution in [0.3, 0.4) is 0 Å². The normalized spacial score (nSPS) is 24.3. The van der Waals surface area contributed by atoms with Crippen molar-refractivity contribution in [2.75, 3.05) is 13.2 Å². The second-order valence-electron chi connectivity index (χ2n) is 2.66. The number of hydrogen-bond acceptors (Lipinski definition) is 2. The highest BCUT2D eigenvalue weighted by atomic mass is 79.9. The van der Waals surface area contributed by atoms with E-state index in [1.54, 1.807) is 0 Å². The Labute approximate surface area is 73.5 Å². The summed E-state index contributed by atoms with van der Waals surface area (Å²) < 4.78 is 8.24. The van der Waals surface area contributed by atoms with Crippen molar-refractivity contribution in [3.63, 3.8) is 0 Å². The first-order valence-electron chi connectivity index (χ1n) is 3.63. The molecule has 0 aliphatic carbocycles. The molecular weight excluding hydrogens is 208 g/mol. The van der Waals surface area contributed by atoms with Crippen molar-refractivity contribution in [3.05, 3.63) is 17.1 Å². The van der Waals surface area contributed by atoms with Crippen molar-refractivity contribution in [3.8, 4) is 0 Å². The molecule has 11 heavy (non-hydrogen) atoms. The van der Waals surface area contributed by atoms with Crippen LogP contribution in [0.15, 0.2) is 17.1 Å². The van der Waals surface area contributed by atoms with Gasteiger partial charge < -0.3 is 9.30 Å².